The molecule has 3 rings (SSSR count). The molecule has 0 bridgehead atoms. The molecule has 2 fully saturated rings. The number of likely N-dealkylation sites (tertiary alicyclic amines) is 2. The third-order valence-electron chi connectivity index (χ3n) is 6.19. The molecule has 0 spiro atoms. The number of benzene rings is 1. The van der Waals surface area contributed by atoms with Crippen LogP contribution in [0.1, 0.15) is 63.0 Å². The van der Waals surface area contributed by atoms with Crippen molar-refractivity contribution in [3.63, 3.8) is 0 Å². The molecule has 0 radical (unpaired) electrons. The van der Waals surface area contributed by atoms with Gasteiger partial charge in [-0.15, -0.1) is 0 Å². The number of nitrogens with zero attached hydrogens (tertiary/aromatic N) is 2. The van der Waals surface area contributed by atoms with E-state index in [0.717, 1.165) is 31.6 Å². The number of nitrogens with one attached hydrogen (secondary N) is 1. The Balaban J connectivity index is 1.49. The van der Waals surface area contributed by atoms with Crippen molar-refractivity contribution in [2.24, 2.45) is 0 Å². The average Bonchev–Trinajstić information content (AvgIpc) is 2.70. The molecule has 2 N–H and O–H groups in total. The molecule has 1 aromatic carbocycles. The highest BCUT2D eigenvalue weighted by Gasteiger charge is 2.41. The van der Waals surface area contributed by atoms with Crippen LogP contribution in [0.5, 0.6) is 0 Å². The van der Waals surface area contributed by atoms with Gasteiger partial charge in [-0.25, -0.2) is 0 Å². The Hall–Kier alpha value is -1.43. The van der Waals surface area contributed by atoms with E-state index in [1.54, 1.807) is 0 Å². The number of hydrogen-bond acceptors (Lipinski definition) is 4. The molecule has 0 saturated carbocycles. The first-order valence-corrected chi connectivity index (χ1v) is 11.0. The number of carbonyl (C=O) groups is 1. The first kappa shape index (κ1) is 21.3. The van der Waals surface area contributed by atoms with E-state index in [9.17, 15) is 9.90 Å². The van der Waals surface area contributed by atoms with E-state index < -0.39 is 5.60 Å². The molecule has 1 atom stereocenters. The molecule has 156 valence electrons. The highest BCUT2D eigenvalue weighted by Crippen LogP contribution is 2.24. The minimum absolute atomic E-state index is 0.128. The molecule has 0 aliphatic carbocycles. The maximum absolute atomic E-state index is 12.9. The molecule has 0 unspecified atom stereocenters. The number of carbonyl (C=O) groups excluding carboxylic acids is 1. The zero-order valence-corrected chi connectivity index (χ0v) is 17.6. The molecule has 1 aromatic rings. The summed E-state index contributed by atoms with van der Waals surface area (Å²) >= 11 is 0. The summed E-state index contributed by atoms with van der Waals surface area (Å²) in [5.41, 5.74) is 1.17. The molecule has 28 heavy (non-hydrogen) atoms. The fraction of sp³-hybridized carbons (Fsp3) is 0.696. The lowest BCUT2D eigenvalue weighted by atomic mass is 9.91. The lowest BCUT2D eigenvalue weighted by Crippen LogP contribution is -2.58. The van der Waals surface area contributed by atoms with Gasteiger partial charge in [-0.2, -0.15) is 0 Å². The third kappa shape index (κ3) is 5.56. The molecular weight excluding hydrogens is 350 g/mol. The molecule has 2 aliphatic heterocycles. The largest absolute Gasteiger partial charge is 0.379 e. The van der Waals surface area contributed by atoms with Crippen molar-refractivity contribution >= 4 is 5.91 Å². The molecular formula is C23H37N3O2. The fourth-order valence-electron chi connectivity index (χ4n) is 4.32. The van der Waals surface area contributed by atoms with Crippen LogP contribution in [-0.4, -0.2) is 65.7 Å². The summed E-state index contributed by atoms with van der Waals surface area (Å²) in [4.78, 5) is 17.2. The van der Waals surface area contributed by atoms with E-state index in [0.29, 0.717) is 25.4 Å². The van der Waals surface area contributed by atoms with E-state index in [4.69, 9.17) is 0 Å². The van der Waals surface area contributed by atoms with Crippen LogP contribution < -0.4 is 5.32 Å². The van der Waals surface area contributed by atoms with Crippen LogP contribution in [0.2, 0.25) is 0 Å². The van der Waals surface area contributed by atoms with Gasteiger partial charge in [0.15, 0.2) is 5.60 Å². The standard InChI is InChI=1S/C23H37N3O2/c1-19(2)21-9-7-20(8-10-21)17-26-15-6-11-23(28,22(26)27)18-24-12-16-25-13-4-3-5-14-25/h7-10,19,24,28H,3-6,11-18H2,1-2H3/t23-/m1/s1. The van der Waals surface area contributed by atoms with E-state index in [2.05, 4.69) is 48.3 Å². The maximum Gasteiger partial charge on any atom is 0.256 e. The van der Waals surface area contributed by atoms with Crippen LogP contribution in [-0.2, 0) is 11.3 Å². The van der Waals surface area contributed by atoms with Crippen molar-refractivity contribution in [2.45, 2.75) is 64.0 Å². The number of hydrogen-bond donors (Lipinski definition) is 2. The predicted molar refractivity (Wildman–Crippen MR) is 113 cm³/mol. The van der Waals surface area contributed by atoms with E-state index in [1.165, 1.54) is 37.9 Å². The minimum atomic E-state index is -1.27. The van der Waals surface area contributed by atoms with Gasteiger partial charge in [-0.05, 0) is 55.8 Å². The summed E-state index contributed by atoms with van der Waals surface area (Å²) in [6, 6.07) is 8.49. The van der Waals surface area contributed by atoms with Crippen LogP contribution in [0.15, 0.2) is 24.3 Å². The molecule has 2 aliphatic rings. The van der Waals surface area contributed by atoms with Gasteiger partial charge in [0, 0.05) is 32.7 Å². The zero-order chi connectivity index (χ0) is 20.0. The maximum atomic E-state index is 12.9. The molecule has 2 heterocycles. The van der Waals surface area contributed by atoms with Crippen LogP contribution in [0, 0.1) is 0 Å². The normalized spacial score (nSPS) is 24.1. The summed E-state index contributed by atoms with van der Waals surface area (Å²) < 4.78 is 0. The topological polar surface area (TPSA) is 55.8 Å². The Morgan fingerprint density at radius 3 is 2.46 bits per heavy atom. The Bertz CT molecular complexity index is 625. The molecule has 5 nitrogen and oxygen atoms in total. The van der Waals surface area contributed by atoms with Crippen LogP contribution in [0.25, 0.3) is 0 Å². The van der Waals surface area contributed by atoms with Crippen molar-refractivity contribution in [1.29, 1.82) is 0 Å². The highest BCUT2D eigenvalue weighted by atomic mass is 16.3. The second-order valence-corrected chi connectivity index (χ2v) is 8.84. The van der Waals surface area contributed by atoms with Crippen LogP contribution in [0.3, 0.4) is 0 Å². The van der Waals surface area contributed by atoms with Gasteiger partial charge < -0.3 is 20.2 Å². The summed E-state index contributed by atoms with van der Waals surface area (Å²) in [6.45, 7) is 10.2. The van der Waals surface area contributed by atoms with Gasteiger partial charge in [0.2, 0.25) is 0 Å². The Labute approximate surface area is 170 Å². The Morgan fingerprint density at radius 2 is 1.79 bits per heavy atom. The number of aliphatic hydroxyl groups is 1. The number of amides is 1. The monoisotopic (exact) mass is 387 g/mol. The quantitative estimate of drug-likeness (QED) is 0.674. The smallest absolute Gasteiger partial charge is 0.256 e. The lowest BCUT2D eigenvalue weighted by molar-refractivity contribution is -0.157. The minimum Gasteiger partial charge on any atom is -0.379 e. The summed E-state index contributed by atoms with van der Waals surface area (Å²) in [7, 11) is 0. The number of piperidine rings is 2. The van der Waals surface area contributed by atoms with Crippen molar-refractivity contribution < 1.29 is 9.90 Å². The summed E-state index contributed by atoms with van der Waals surface area (Å²) in [6.07, 6.45) is 5.31. The van der Waals surface area contributed by atoms with Gasteiger partial charge in [0.1, 0.15) is 0 Å². The third-order valence-corrected chi connectivity index (χ3v) is 6.19. The van der Waals surface area contributed by atoms with Crippen molar-refractivity contribution in [3.8, 4) is 0 Å². The fourth-order valence-corrected chi connectivity index (χ4v) is 4.32. The molecule has 0 aromatic heterocycles. The Morgan fingerprint density at radius 1 is 1.07 bits per heavy atom. The first-order valence-electron chi connectivity index (χ1n) is 11.0. The van der Waals surface area contributed by atoms with Crippen molar-refractivity contribution in [1.82, 2.24) is 15.1 Å². The summed E-state index contributed by atoms with van der Waals surface area (Å²) in [5, 5.41) is 14.3. The number of rotatable bonds is 8. The van der Waals surface area contributed by atoms with Crippen LogP contribution in [0.4, 0.5) is 0 Å². The van der Waals surface area contributed by atoms with E-state index in [-0.39, 0.29) is 5.91 Å². The average molecular weight is 388 g/mol. The van der Waals surface area contributed by atoms with Gasteiger partial charge in [0.25, 0.3) is 5.91 Å². The second-order valence-electron chi connectivity index (χ2n) is 8.84. The zero-order valence-electron chi connectivity index (χ0n) is 17.6. The van der Waals surface area contributed by atoms with Gasteiger partial charge >= 0.3 is 0 Å². The van der Waals surface area contributed by atoms with E-state index in [1.807, 2.05) is 4.90 Å². The second kappa shape index (κ2) is 9.86. The predicted octanol–water partition coefficient (Wildman–Crippen LogP) is 2.74. The Kier molecular flexibility index (Phi) is 7.49. The van der Waals surface area contributed by atoms with E-state index >= 15 is 0 Å². The van der Waals surface area contributed by atoms with Crippen molar-refractivity contribution in [3.05, 3.63) is 35.4 Å². The van der Waals surface area contributed by atoms with Gasteiger partial charge in [-0.3, -0.25) is 4.79 Å². The van der Waals surface area contributed by atoms with Crippen LogP contribution >= 0.6 is 0 Å². The molecule has 2 saturated heterocycles. The van der Waals surface area contributed by atoms with Crippen molar-refractivity contribution in [2.75, 3.05) is 39.3 Å². The SMILES string of the molecule is CC(C)c1ccc(CN2CCC[C@@](O)(CNCCN3CCCCC3)C2=O)cc1. The molecule has 5 heteroatoms. The highest BCUT2D eigenvalue weighted by molar-refractivity contribution is 5.86. The van der Waals surface area contributed by atoms with Gasteiger partial charge in [-0.1, -0.05) is 44.5 Å². The van der Waals surface area contributed by atoms with Gasteiger partial charge in [0.05, 0.1) is 0 Å². The molecule has 1 amide bonds. The lowest BCUT2D eigenvalue weighted by Gasteiger charge is -2.38. The summed E-state index contributed by atoms with van der Waals surface area (Å²) in [5.74, 6) is 0.379. The first-order chi connectivity index (χ1) is 13.5.